The number of hydrogen-bond acceptors (Lipinski definition) is 5. The number of likely N-dealkylation sites (N-methyl/N-ethyl adjacent to an activating group) is 1. The second kappa shape index (κ2) is 7.58. The molecule has 0 aromatic carbocycles. The number of methoxy groups -OCH3 is 1. The van der Waals surface area contributed by atoms with Crippen LogP contribution in [0.1, 0.15) is 24.6 Å². The summed E-state index contributed by atoms with van der Waals surface area (Å²) in [5, 5.41) is 13.3. The second-order valence-electron chi connectivity index (χ2n) is 5.21. The van der Waals surface area contributed by atoms with Gasteiger partial charge in [0.1, 0.15) is 0 Å². The van der Waals surface area contributed by atoms with E-state index in [0.29, 0.717) is 12.1 Å². The first kappa shape index (κ1) is 16.7. The minimum Gasteiger partial charge on any atom is -0.486 e. The van der Waals surface area contributed by atoms with Gasteiger partial charge in [-0.25, -0.2) is 0 Å². The third-order valence-corrected chi connectivity index (χ3v) is 5.78. The predicted octanol–water partition coefficient (Wildman–Crippen LogP) is 2.55. The van der Waals surface area contributed by atoms with Gasteiger partial charge in [-0.3, -0.25) is 9.69 Å². The number of ether oxygens (including phenoxy) is 1. The third kappa shape index (κ3) is 4.42. The van der Waals surface area contributed by atoms with Gasteiger partial charge in [-0.1, -0.05) is 6.92 Å². The number of nitrogens with zero attached hydrogens (tertiary/aromatic N) is 1. The van der Waals surface area contributed by atoms with E-state index in [1.165, 1.54) is 4.88 Å². The summed E-state index contributed by atoms with van der Waals surface area (Å²) >= 11 is 5.11. The maximum atomic E-state index is 10.8. The lowest BCUT2D eigenvalue weighted by Crippen LogP contribution is -2.53. The van der Waals surface area contributed by atoms with Gasteiger partial charge < -0.3 is 15.2 Å². The number of carbonyl (C=O) groups is 1. The van der Waals surface area contributed by atoms with E-state index in [9.17, 15) is 4.79 Å². The smallest absolute Gasteiger partial charge is 0.317 e. The summed E-state index contributed by atoms with van der Waals surface area (Å²) in [5.74, 6) is -0.746. The Hall–Kier alpha value is -0.630. The summed E-state index contributed by atoms with van der Waals surface area (Å²) < 4.78 is 6.25. The Morgan fingerprint density at radius 3 is 2.86 bits per heavy atom. The normalized spacial score (nSPS) is 21.3. The minimum absolute atomic E-state index is 0.142. The quantitative estimate of drug-likeness (QED) is 0.729. The molecule has 2 N–H and O–H groups in total. The van der Waals surface area contributed by atoms with Crippen molar-refractivity contribution in [3.8, 4) is 5.06 Å². The number of halogens is 1. The van der Waals surface area contributed by atoms with Gasteiger partial charge in [0.05, 0.1) is 18.1 Å². The number of thiophene rings is 1. The Balaban J connectivity index is 1.73. The van der Waals surface area contributed by atoms with Crippen molar-refractivity contribution in [2.75, 3.05) is 20.2 Å². The molecule has 1 aromatic rings. The zero-order valence-electron chi connectivity index (χ0n) is 12.3. The number of hydrogen-bond donors (Lipinski definition) is 2. The number of carboxylic acids is 1. The highest BCUT2D eigenvalue weighted by Gasteiger charge is 2.33. The van der Waals surface area contributed by atoms with Crippen LogP contribution in [-0.4, -0.2) is 48.3 Å². The Kier molecular flexibility index (Phi) is 6.04. The van der Waals surface area contributed by atoms with Crippen LogP contribution in [0, 0.1) is 0 Å². The van der Waals surface area contributed by atoms with Gasteiger partial charge in [-0.15, -0.1) is 11.3 Å². The summed E-state index contributed by atoms with van der Waals surface area (Å²) in [6.07, 6.45) is 2.04. The minimum atomic E-state index is -0.746. The van der Waals surface area contributed by atoms with Crippen LogP contribution in [-0.2, 0) is 11.3 Å². The van der Waals surface area contributed by atoms with E-state index in [0.717, 1.165) is 35.5 Å². The molecule has 118 valence electrons. The van der Waals surface area contributed by atoms with Crippen molar-refractivity contribution in [2.24, 2.45) is 0 Å². The van der Waals surface area contributed by atoms with Crippen molar-refractivity contribution >= 4 is 33.2 Å². The molecule has 1 aliphatic rings. The van der Waals surface area contributed by atoms with E-state index < -0.39 is 5.97 Å². The van der Waals surface area contributed by atoms with E-state index in [1.807, 2.05) is 11.8 Å². The molecule has 0 unspecified atom stereocenters. The lowest BCUT2D eigenvalue weighted by atomic mass is 9.85. The summed E-state index contributed by atoms with van der Waals surface area (Å²) in [4.78, 5) is 14.1. The van der Waals surface area contributed by atoms with Gasteiger partial charge in [0.15, 0.2) is 5.06 Å². The van der Waals surface area contributed by atoms with Gasteiger partial charge in [0, 0.05) is 23.5 Å². The van der Waals surface area contributed by atoms with Crippen molar-refractivity contribution < 1.29 is 14.6 Å². The van der Waals surface area contributed by atoms with Crippen LogP contribution in [0.2, 0.25) is 0 Å². The van der Waals surface area contributed by atoms with Crippen LogP contribution in [0.5, 0.6) is 5.06 Å². The Bertz CT molecular complexity index is 489. The molecular formula is C14H21BrN2O3S. The fraction of sp³-hybridized carbons (Fsp3) is 0.643. The van der Waals surface area contributed by atoms with Gasteiger partial charge >= 0.3 is 5.97 Å². The lowest BCUT2D eigenvalue weighted by molar-refractivity contribution is -0.139. The maximum absolute atomic E-state index is 10.8. The Morgan fingerprint density at radius 1 is 1.62 bits per heavy atom. The molecular weight excluding hydrogens is 356 g/mol. The number of aliphatic carboxylic acids is 1. The van der Waals surface area contributed by atoms with E-state index in [2.05, 4.69) is 27.3 Å². The molecule has 0 spiro atoms. The fourth-order valence-corrected chi connectivity index (χ4v) is 4.24. The number of rotatable bonds is 8. The Labute approximate surface area is 137 Å². The summed E-state index contributed by atoms with van der Waals surface area (Å²) in [6.45, 7) is 3.77. The van der Waals surface area contributed by atoms with Gasteiger partial charge in [0.25, 0.3) is 0 Å². The molecule has 0 bridgehead atoms. The van der Waals surface area contributed by atoms with Gasteiger partial charge in [-0.05, 0) is 41.4 Å². The molecule has 21 heavy (non-hydrogen) atoms. The van der Waals surface area contributed by atoms with Crippen molar-refractivity contribution in [3.05, 3.63) is 15.4 Å². The number of carboxylic acid groups (broad SMARTS) is 1. The molecule has 0 atom stereocenters. The van der Waals surface area contributed by atoms with Gasteiger partial charge in [0.2, 0.25) is 0 Å². The molecule has 7 heteroatoms. The van der Waals surface area contributed by atoms with Gasteiger partial charge in [-0.2, -0.15) is 0 Å². The molecule has 2 rings (SSSR count). The summed E-state index contributed by atoms with van der Waals surface area (Å²) in [6, 6.07) is 2.95. The first-order chi connectivity index (χ1) is 10.0. The summed E-state index contributed by atoms with van der Waals surface area (Å²) in [7, 11) is 1.67. The largest absolute Gasteiger partial charge is 0.486 e. The van der Waals surface area contributed by atoms with E-state index in [-0.39, 0.29) is 6.54 Å². The van der Waals surface area contributed by atoms with Crippen molar-refractivity contribution in [3.63, 3.8) is 0 Å². The van der Waals surface area contributed by atoms with Crippen LogP contribution in [0.3, 0.4) is 0 Å². The van der Waals surface area contributed by atoms with Crippen LogP contribution >= 0.6 is 27.3 Å². The van der Waals surface area contributed by atoms with E-state index in [4.69, 9.17) is 9.84 Å². The van der Waals surface area contributed by atoms with Crippen LogP contribution in [0.25, 0.3) is 0 Å². The zero-order valence-corrected chi connectivity index (χ0v) is 14.7. The van der Waals surface area contributed by atoms with Crippen LogP contribution in [0.15, 0.2) is 10.5 Å². The van der Waals surface area contributed by atoms with Crippen LogP contribution < -0.4 is 10.1 Å². The van der Waals surface area contributed by atoms with Crippen molar-refractivity contribution in [1.82, 2.24) is 10.2 Å². The molecule has 1 fully saturated rings. The van der Waals surface area contributed by atoms with Crippen LogP contribution in [0.4, 0.5) is 0 Å². The van der Waals surface area contributed by atoms with Crippen molar-refractivity contribution in [1.29, 1.82) is 0 Å². The molecule has 1 saturated carbocycles. The molecule has 5 nitrogen and oxygen atoms in total. The molecule has 0 aliphatic heterocycles. The first-order valence-electron chi connectivity index (χ1n) is 7.04. The molecule has 0 radical (unpaired) electrons. The second-order valence-corrected chi connectivity index (χ2v) is 7.17. The van der Waals surface area contributed by atoms with E-state index in [1.54, 1.807) is 18.4 Å². The molecule has 0 saturated heterocycles. The highest BCUT2D eigenvalue weighted by atomic mass is 79.9. The fourth-order valence-electron chi connectivity index (χ4n) is 2.59. The third-order valence-electron chi connectivity index (χ3n) is 3.83. The molecule has 0 amide bonds. The average Bonchev–Trinajstić information content (AvgIpc) is 2.75. The zero-order chi connectivity index (χ0) is 15.4. The SMILES string of the molecule is CCN(CC(=O)O)C1CC(NCc2cc(Br)c(OC)s2)C1. The average molecular weight is 377 g/mol. The highest BCUT2D eigenvalue weighted by Crippen LogP contribution is 2.35. The first-order valence-corrected chi connectivity index (χ1v) is 8.65. The predicted molar refractivity (Wildman–Crippen MR) is 87.1 cm³/mol. The monoisotopic (exact) mass is 376 g/mol. The molecule has 1 aromatic heterocycles. The van der Waals surface area contributed by atoms with Crippen molar-refractivity contribution in [2.45, 2.75) is 38.4 Å². The number of nitrogens with one attached hydrogen (secondary N) is 1. The summed E-state index contributed by atoms with van der Waals surface area (Å²) in [5.41, 5.74) is 0. The Morgan fingerprint density at radius 2 is 2.33 bits per heavy atom. The molecule has 1 heterocycles. The standard InChI is InChI=1S/C14H21BrN2O3S/c1-3-17(8-13(18)19)10-4-9(5-10)16-7-11-6-12(15)14(20-2)21-11/h6,9-10,16H,3-5,7-8H2,1-2H3,(H,18,19). The lowest BCUT2D eigenvalue weighted by Gasteiger charge is -2.42. The molecule has 1 aliphatic carbocycles. The maximum Gasteiger partial charge on any atom is 0.317 e. The van der Waals surface area contributed by atoms with E-state index >= 15 is 0 Å². The highest BCUT2D eigenvalue weighted by molar-refractivity contribution is 9.10. The topological polar surface area (TPSA) is 61.8 Å².